The zero-order chi connectivity index (χ0) is 9.84. The molecule has 0 amide bonds. The van der Waals surface area contributed by atoms with Crippen LogP contribution >= 0.6 is 15.9 Å². The van der Waals surface area contributed by atoms with Gasteiger partial charge in [-0.2, -0.15) is 0 Å². The lowest BCUT2D eigenvalue weighted by molar-refractivity contribution is 1.16. The molecule has 1 N–H and O–H groups in total. The van der Waals surface area contributed by atoms with Gasteiger partial charge < -0.3 is 4.98 Å². The predicted molar refractivity (Wildman–Crippen MR) is 57.7 cm³/mol. The minimum absolute atomic E-state index is 0.769. The number of imidazole rings is 1. The lowest BCUT2D eigenvalue weighted by atomic mass is 10.4. The zero-order valence-corrected chi connectivity index (χ0v) is 9.51. The number of H-pyrrole nitrogens is 1. The van der Waals surface area contributed by atoms with E-state index in [0.29, 0.717) is 0 Å². The second-order valence-electron chi connectivity index (χ2n) is 2.35. The smallest absolute Gasteiger partial charge is 0.177 e. The van der Waals surface area contributed by atoms with Crippen LogP contribution in [0.1, 0.15) is 19.7 Å². The standard InChI is InChI=1S/C7H6BrN3.C2H6/c1-4-10-6-2-5(8)3-9-7(6)11-4;1-2/h2-3H,1H3,(H,9,10,11);1-2H3. The molecule has 0 fully saturated rings. The van der Waals surface area contributed by atoms with Crippen LogP contribution in [-0.2, 0) is 0 Å². The molecule has 13 heavy (non-hydrogen) atoms. The molecule has 0 unspecified atom stereocenters. The van der Waals surface area contributed by atoms with Gasteiger partial charge in [0.05, 0.1) is 5.52 Å². The van der Waals surface area contributed by atoms with Gasteiger partial charge in [0.2, 0.25) is 0 Å². The number of nitrogens with one attached hydrogen (secondary N) is 1. The molecule has 0 bridgehead atoms. The molecule has 0 aromatic carbocycles. The summed E-state index contributed by atoms with van der Waals surface area (Å²) in [6.07, 6.45) is 1.74. The van der Waals surface area contributed by atoms with E-state index in [0.717, 1.165) is 21.5 Å². The van der Waals surface area contributed by atoms with Crippen LogP contribution in [0.15, 0.2) is 16.7 Å². The molecule has 0 saturated carbocycles. The molecule has 70 valence electrons. The molecule has 3 nitrogen and oxygen atoms in total. The topological polar surface area (TPSA) is 41.6 Å². The van der Waals surface area contributed by atoms with Gasteiger partial charge >= 0.3 is 0 Å². The maximum Gasteiger partial charge on any atom is 0.177 e. The third-order valence-electron chi connectivity index (χ3n) is 1.42. The summed E-state index contributed by atoms with van der Waals surface area (Å²) in [6, 6.07) is 1.96. The van der Waals surface area contributed by atoms with Gasteiger partial charge in [-0.15, -0.1) is 0 Å². The average molecular weight is 242 g/mol. The van der Waals surface area contributed by atoms with Crippen LogP contribution < -0.4 is 0 Å². The monoisotopic (exact) mass is 241 g/mol. The number of halogens is 1. The normalized spacial score (nSPS) is 9.54. The Labute approximate surface area is 85.7 Å². The first-order valence-corrected chi connectivity index (χ1v) is 5.03. The van der Waals surface area contributed by atoms with Crippen LogP contribution in [0.3, 0.4) is 0 Å². The van der Waals surface area contributed by atoms with E-state index in [9.17, 15) is 0 Å². The highest BCUT2D eigenvalue weighted by Crippen LogP contribution is 2.14. The molecule has 4 heteroatoms. The summed E-state index contributed by atoms with van der Waals surface area (Å²) < 4.78 is 0.966. The largest absolute Gasteiger partial charge is 0.341 e. The number of pyridine rings is 1. The van der Waals surface area contributed by atoms with E-state index in [1.165, 1.54) is 0 Å². The molecule has 2 heterocycles. The predicted octanol–water partition coefficient (Wildman–Crippen LogP) is 3.06. The van der Waals surface area contributed by atoms with E-state index in [-0.39, 0.29) is 0 Å². The maximum atomic E-state index is 4.17. The third-order valence-corrected chi connectivity index (χ3v) is 1.86. The molecule has 2 aromatic heterocycles. The molecule has 0 aliphatic rings. The van der Waals surface area contributed by atoms with Crippen molar-refractivity contribution in [2.24, 2.45) is 0 Å². The Hall–Kier alpha value is -0.900. The van der Waals surface area contributed by atoms with Crippen LogP contribution in [0.2, 0.25) is 0 Å². The Morgan fingerprint density at radius 3 is 2.77 bits per heavy atom. The lowest BCUT2D eigenvalue weighted by Gasteiger charge is -1.86. The van der Waals surface area contributed by atoms with E-state index in [1.807, 2.05) is 26.8 Å². The number of hydrogen-bond donors (Lipinski definition) is 1. The van der Waals surface area contributed by atoms with Gasteiger partial charge in [-0.3, -0.25) is 0 Å². The fraction of sp³-hybridized carbons (Fsp3) is 0.333. The molecule has 0 aliphatic heterocycles. The molecule has 0 aliphatic carbocycles. The molecule has 2 aromatic rings. The Morgan fingerprint density at radius 1 is 1.38 bits per heavy atom. The van der Waals surface area contributed by atoms with Crippen LogP contribution in [0.4, 0.5) is 0 Å². The van der Waals surface area contributed by atoms with Crippen molar-refractivity contribution >= 4 is 27.1 Å². The molecule has 0 saturated heterocycles. The van der Waals surface area contributed by atoms with Crippen molar-refractivity contribution in [2.75, 3.05) is 0 Å². The molecular formula is C9H12BrN3. The first kappa shape index (κ1) is 10.2. The number of hydrogen-bond acceptors (Lipinski definition) is 2. The summed E-state index contributed by atoms with van der Waals surface area (Å²) in [7, 11) is 0. The lowest BCUT2D eigenvalue weighted by Crippen LogP contribution is -1.74. The van der Waals surface area contributed by atoms with E-state index in [1.54, 1.807) is 6.20 Å². The summed E-state index contributed by atoms with van der Waals surface area (Å²) in [5.74, 6) is 0.894. The van der Waals surface area contributed by atoms with Crippen molar-refractivity contribution in [2.45, 2.75) is 20.8 Å². The minimum atomic E-state index is 0.769. The first-order valence-electron chi connectivity index (χ1n) is 4.23. The number of aryl methyl sites for hydroxylation is 1. The van der Waals surface area contributed by atoms with Crippen molar-refractivity contribution in [3.05, 3.63) is 22.6 Å². The van der Waals surface area contributed by atoms with Crippen LogP contribution in [0, 0.1) is 6.92 Å². The first-order chi connectivity index (χ1) is 6.25. The minimum Gasteiger partial charge on any atom is -0.341 e. The van der Waals surface area contributed by atoms with Crippen molar-refractivity contribution in [3.8, 4) is 0 Å². The number of aromatic amines is 1. The number of fused-ring (bicyclic) bond motifs is 1. The second-order valence-corrected chi connectivity index (χ2v) is 3.26. The Morgan fingerprint density at radius 2 is 2.08 bits per heavy atom. The van der Waals surface area contributed by atoms with Crippen LogP contribution in [0.25, 0.3) is 11.2 Å². The summed E-state index contributed by atoms with van der Waals surface area (Å²) in [6.45, 7) is 5.91. The van der Waals surface area contributed by atoms with Crippen LogP contribution in [0.5, 0.6) is 0 Å². The average Bonchev–Trinajstić information content (AvgIpc) is 2.48. The van der Waals surface area contributed by atoms with Crippen molar-refractivity contribution in [1.29, 1.82) is 0 Å². The maximum absolute atomic E-state index is 4.17. The van der Waals surface area contributed by atoms with Crippen LogP contribution in [-0.4, -0.2) is 15.0 Å². The number of rotatable bonds is 0. The SMILES string of the molecule is CC.Cc1nc2ncc(Br)cc2[nH]1. The molecule has 2 rings (SSSR count). The van der Waals surface area contributed by atoms with Gasteiger partial charge in [-0.05, 0) is 28.9 Å². The van der Waals surface area contributed by atoms with E-state index < -0.39 is 0 Å². The second kappa shape index (κ2) is 4.37. The summed E-state index contributed by atoms with van der Waals surface area (Å²) in [5.41, 5.74) is 1.74. The fourth-order valence-corrected chi connectivity index (χ4v) is 1.33. The van der Waals surface area contributed by atoms with Crippen molar-refractivity contribution in [3.63, 3.8) is 0 Å². The summed E-state index contributed by atoms with van der Waals surface area (Å²) >= 11 is 3.33. The van der Waals surface area contributed by atoms with Gasteiger partial charge in [-0.25, -0.2) is 9.97 Å². The number of nitrogens with zero attached hydrogens (tertiary/aromatic N) is 2. The summed E-state index contributed by atoms with van der Waals surface area (Å²) in [4.78, 5) is 11.4. The Balaban J connectivity index is 0.000000396. The molecule has 0 atom stereocenters. The Kier molecular flexibility index (Phi) is 3.42. The molecule has 0 spiro atoms. The fourth-order valence-electron chi connectivity index (χ4n) is 0.995. The molecular weight excluding hydrogens is 230 g/mol. The molecule has 0 radical (unpaired) electrons. The van der Waals surface area contributed by atoms with Gasteiger partial charge in [-0.1, -0.05) is 13.8 Å². The van der Waals surface area contributed by atoms with Gasteiger partial charge in [0.15, 0.2) is 5.65 Å². The van der Waals surface area contributed by atoms with Crippen molar-refractivity contribution in [1.82, 2.24) is 15.0 Å². The van der Waals surface area contributed by atoms with Gasteiger partial charge in [0, 0.05) is 10.7 Å². The van der Waals surface area contributed by atoms with Gasteiger partial charge in [0.25, 0.3) is 0 Å². The quantitative estimate of drug-likeness (QED) is 0.771. The van der Waals surface area contributed by atoms with E-state index in [2.05, 4.69) is 30.9 Å². The summed E-state index contributed by atoms with van der Waals surface area (Å²) in [5, 5.41) is 0. The van der Waals surface area contributed by atoms with E-state index >= 15 is 0 Å². The number of aromatic nitrogens is 3. The van der Waals surface area contributed by atoms with E-state index in [4.69, 9.17) is 0 Å². The van der Waals surface area contributed by atoms with Crippen molar-refractivity contribution < 1.29 is 0 Å². The highest BCUT2D eigenvalue weighted by molar-refractivity contribution is 9.10. The van der Waals surface area contributed by atoms with Gasteiger partial charge in [0.1, 0.15) is 5.82 Å². The highest BCUT2D eigenvalue weighted by Gasteiger charge is 1.99. The zero-order valence-electron chi connectivity index (χ0n) is 7.93. The highest BCUT2D eigenvalue weighted by atomic mass is 79.9. The Bertz CT molecular complexity index is 395. The third kappa shape index (κ3) is 2.28.